The first-order chi connectivity index (χ1) is 9.52. The van der Waals surface area contributed by atoms with Gasteiger partial charge in [0.25, 0.3) is 0 Å². The second-order valence-corrected chi connectivity index (χ2v) is 9.42. The molecule has 0 fully saturated rings. The number of anilines is 1. The van der Waals surface area contributed by atoms with Crippen molar-refractivity contribution in [2.45, 2.75) is 77.6 Å². The lowest BCUT2D eigenvalue weighted by molar-refractivity contribution is 0.399. The maximum Gasteiger partial charge on any atom is 0.0442 e. The SMILES string of the molecule is CC(C)(C)c1cc2c3c(c1)C(C)(C)CCN3CCC2(C)C. The summed E-state index contributed by atoms with van der Waals surface area (Å²) in [6, 6.07) is 5.01. The zero-order chi connectivity index (χ0) is 15.6. The second-order valence-electron chi connectivity index (χ2n) is 9.42. The zero-order valence-corrected chi connectivity index (χ0v) is 14.9. The van der Waals surface area contributed by atoms with E-state index < -0.39 is 0 Å². The Morgan fingerprint density at radius 1 is 0.857 bits per heavy atom. The smallest absolute Gasteiger partial charge is 0.0442 e. The summed E-state index contributed by atoms with van der Waals surface area (Å²) in [6.07, 6.45) is 2.54. The van der Waals surface area contributed by atoms with Crippen molar-refractivity contribution in [1.82, 2.24) is 0 Å². The molecule has 0 aliphatic carbocycles. The summed E-state index contributed by atoms with van der Waals surface area (Å²) in [5, 5.41) is 0. The summed E-state index contributed by atoms with van der Waals surface area (Å²) in [5.74, 6) is 0. The van der Waals surface area contributed by atoms with Crippen molar-refractivity contribution >= 4 is 5.69 Å². The number of hydrogen-bond acceptors (Lipinski definition) is 1. The molecule has 21 heavy (non-hydrogen) atoms. The Kier molecular flexibility index (Phi) is 3.04. The first-order valence-electron chi connectivity index (χ1n) is 8.47. The van der Waals surface area contributed by atoms with Gasteiger partial charge in [0, 0.05) is 18.8 Å². The van der Waals surface area contributed by atoms with E-state index in [9.17, 15) is 0 Å². The van der Waals surface area contributed by atoms with Crippen LogP contribution in [0.3, 0.4) is 0 Å². The minimum Gasteiger partial charge on any atom is -0.371 e. The van der Waals surface area contributed by atoms with Crippen LogP contribution in [0, 0.1) is 0 Å². The third-order valence-electron chi connectivity index (χ3n) is 5.76. The average molecular weight is 285 g/mol. The molecule has 0 radical (unpaired) electrons. The highest BCUT2D eigenvalue weighted by molar-refractivity contribution is 5.69. The van der Waals surface area contributed by atoms with E-state index in [0.29, 0.717) is 10.8 Å². The maximum absolute atomic E-state index is 2.65. The molecule has 0 aromatic heterocycles. The quantitative estimate of drug-likeness (QED) is 0.637. The van der Waals surface area contributed by atoms with E-state index in [1.54, 1.807) is 16.8 Å². The van der Waals surface area contributed by atoms with Gasteiger partial charge in [0.2, 0.25) is 0 Å². The molecular formula is C20H31N. The Bertz CT molecular complexity index is 531. The van der Waals surface area contributed by atoms with Crippen LogP contribution in [0.15, 0.2) is 12.1 Å². The van der Waals surface area contributed by atoms with E-state index in [1.807, 2.05) is 0 Å². The van der Waals surface area contributed by atoms with Crippen molar-refractivity contribution in [3.8, 4) is 0 Å². The highest BCUT2D eigenvalue weighted by Crippen LogP contribution is 2.50. The van der Waals surface area contributed by atoms with Crippen LogP contribution in [-0.4, -0.2) is 13.1 Å². The third-order valence-corrected chi connectivity index (χ3v) is 5.76. The summed E-state index contributed by atoms with van der Waals surface area (Å²) in [5.41, 5.74) is 7.06. The molecule has 116 valence electrons. The molecule has 0 atom stereocenters. The first-order valence-corrected chi connectivity index (χ1v) is 8.47. The fourth-order valence-corrected chi connectivity index (χ4v) is 3.87. The van der Waals surface area contributed by atoms with Gasteiger partial charge in [0.15, 0.2) is 0 Å². The van der Waals surface area contributed by atoms with Crippen LogP contribution in [0.4, 0.5) is 5.69 Å². The fourth-order valence-electron chi connectivity index (χ4n) is 3.87. The molecule has 2 aliphatic rings. The summed E-state index contributed by atoms with van der Waals surface area (Å²) in [7, 11) is 0. The predicted molar refractivity (Wildman–Crippen MR) is 92.6 cm³/mol. The molecule has 1 aromatic rings. The molecule has 0 bridgehead atoms. The monoisotopic (exact) mass is 285 g/mol. The third kappa shape index (κ3) is 2.29. The van der Waals surface area contributed by atoms with Crippen LogP contribution in [0.5, 0.6) is 0 Å². The number of nitrogens with zero attached hydrogens (tertiary/aromatic N) is 1. The number of benzene rings is 1. The van der Waals surface area contributed by atoms with Gasteiger partial charge in [-0.25, -0.2) is 0 Å². The Morgan fingerprint density at radius 2 is 1.29 bits per heavy atom. The van der Waals surface area contributed by atoms with Gasteiger partial charge in [-0.1, -0.05) is 60.6 Å². The maximum atomic E-state index is 2.65. The van der Waals surface area contributed by atoms with Crippen molar-refractivity contribution in [1.29, 1.82) is 0 Å². The largest absolute Gasteiger partial charge is 0.371 e. The van der Waals surface area contributed by atoms with Crippen LogP contribution >= 0.6 is 0 Å². The van der Waals surface area contributed by atoms with Gasteiger partial charge < -0.3 is 4.90 Å². The molecule has 0 unspecified atom stereocenters. The van der Waals surface area contributed by atoms with E-state index in [4.69, 9.17) is 0 Å². The van der Waals surface area contributed by atoms with Gasteiger partial charge in [-0.15, -0.1) is 0 Å². The van der Waals surface area contributed by atoms with E-state index >= 15 is 0 Å². The van der Waals surface area contributed by atoms with Crippen molar-refractivity contribution in [3.05, 3.63) is 28.8 Å². The van der Waals surface area contributed by atoms with Crippen LogP contribution in [-0.2, 0) is 16.2 Å². The average Bonchev–Trinajstić information content (AvgIpc) is 2.35. The summed E-state index contributed by atoms with van der Waals surface area (Å²) >= 11 is 0. The van der Waals surface area contributed by atoms with Crippen LogP contribution in [0.1, 0.15) is 78.0 Å². The molecule has 1 heteroatoms. The van der Waals surface area contributed by atoms with E-state index in [1.165, 1.54) is 31.5 Å². The summed E-state index contributed by atoms with van der Waals surface area (Å²) in [6.45, 7) is 19.2. The zero-order valence-electron chi connectivity index (χ0n) is 14.9. The molecule has 0 saturated carbocycles. The second kappa shape index (κ2) is 4.27. The molecule has 1 nitrogen and oxygen atoms in total. The molecule has 0 N–H and O–H groups in total. The van der Waals surface area contributed by atoms with E-state index in [2.05, 4.69) is 65.5 Å². The normalized spacial score (nSPS) is 22.9. The van der Waals surface area contributed by atoms with Crippen LogP contribution < -0.4 is 4.90 Å². The molecule has 0 saturated heterocycles. The van der Waals surface area contributed by atoms with Gasteiger partial charge in [-0.3, -0.25) is 0 Å². The lowest BCUT2D eigenvalue weighted by atomic mass is 9.67. The topological polar surface area (TPSA) is 3.24 Å². The van der Waals surface area contributed by atoms with E-state index in [-0.39, 0.29) is 5.41 Å². The van der Waals surface area contributed by atoms with Crippen molar-refractivity contribution < 1.29 is 0 Å². The fraction of sp³-hybridized carbons (Fsp3) is 0.700. The highest BCUT2D eigenvalue weighted by atomic mass is 15.2. The van der Waals surface area contributed by atoms with Crippen LogP contribution in [0.25, 0.3) is 0 Å². The number of rotatable bonds is 0. The highest BCUT2D eigenvalue weighted by Gasteiger charge is 2.40. The Morgan fingerprint density at radius 3 is 1.67 bits per heavy atom. The van der Waals surface area contributed by atoms with Gasteiger partial charge >= 0.3 is 0 Å². The molecule has 2 heterocycles. The standard InChI is InChI=1S/C20H31N/c1-18(2,3)14-12-15-17-16(13-14)20(6,7)9-11-21(17)10-8-19(15,4)5/h12-13H,8-11H2,1-7H3. The first kappa shape index (κ1) is 14.9. The van der Waals surface area contributed by atoms with Crippen LogP contribution in [0.2, 0.25) is 0 Å². The molecule has 0 amide bonds. The minimum absolute atomic E-state index is 0.220. The predicted octanol–water partition coefficient (Wildman–Crippen LogP) is 5.15. The molecule has 1 aromatic carbocycles. The van der Waals surface area contributed by atoms with Gasteiger partial charge in [0.1, 0.15) is 0 Å². The lowest BCUT2D eigenvalue weighted by Gasteiger charge is -2.48. The minimum atomic E-state index is 0.220. The summed E-state index contributed by atoms with van der Waals surface area (Å²) < 4.78 is 0. The van der Waals surface area contributed by atoms with Gasteiger partial charge in [-0.05, 0) is 45.8 Å². The number of hydrogen-bond donors (Lipinski definition) is 0. The molecule has 0 spiro atoms. The van der Waals surface area contributed by atoms with Crippen molar-refractivity contribution in [2.24, 2.45) is 0 Å². The van der Waals surface area contributed by atoms with Gasteiger partial charge in [0.05, 0.1) is 0 Å². The molecule has 3 rings (SSSR count). The summed E-state index contributed by atoms with van der Waals surface area (Å²) in [4.78, 5) is 2.65. The van der Waals surface area contributed by atoms with E-state index in [0.717, 1.165) is 0 Å². The van der Waals surface area contributed by atoms with Gasteiger partial charge in [-0.2, -0.15) is 0 Å². The Balaban J connectivity index is 2.32. The molecule has 2 aliphatic heterocycles. The Hall–Kier alpha value is -0.980. The lowest BCUT2D eigenvalue weighted by Crippen LogP contribution is -2.45. The van der Waals surface area contributed by atoms with Crippen molar-refractivity contribution in [3.63, 3.8) is 0 Å². The van der Waals surface area contributed by atoms with Crippen molar-refractivity contribution in [2.75, 3.05) is 18.0 Å². The molecular weight excluding hydrogens is 254 g/mol. The Labute approximate surface area is 130 Å².